The van der Waals surface area contributed by atoms with Crippen molar-refractivity contribution in [2.45, 2.75) is 78.9 Å². The zero-order chi connectivity index (χ0) is 28.7. The number of fused-ring (bicyclic) bond motifs is 1. The molecule has 1 aromatic heterocycles. The fourth-order valence-electron chi connectivity index (χ4n) is 6.71. The summed E-state index contributed by atoms with van der Waals surface area (Å²) in [7, 11) is 1.84. The lowest BCUT2D eigenvalue weighted by Crippen LogP contribution is -2.54. The van der Waals surface area contributed by atoms with Gasteiger partial charge in [-0.05, 0) is 54.6 Å². The SMILES string of the molecule is Cn1c2c(n(CC(C)(C)C)c1=O)=CCC(C1CCC(C)(C)C(NC(=O)CN3CCN(c4ccccc4)CC3)C1)N=2. The molecule has 1 amide bonds. The van der Waals surface area contributed by atoms with Crippen molar-refractivity contribution in [2.24, 2.45) is 28.8 Å². The minimum atomic E-state index is 0.0134. The number of carbonyl (C=O) groups excluding carboxylic acids is 1. The highest BCUT2D eigenvalue weighted by Crippen LogP contribution is 2.41. The van der Waals surface area contributed by atoms with Gasteiger partial charge in [0, 0.05) is 51.5 Å². The molecule has 218 valence electrons. The molecule has 1 N–H and O–H groups in total. The lowest BCUT2D eigenvalue weighted by Gasteiger charge is -2.44. The fourth-order valence-corrected chi connectivity index (χ4v) is 6.71. The summed E-state index contributed by atoms with van der Waals surface area (Å²) < 4.78 is 3.61. The van der Waals surface area contributed by atoms with E-state index in [2.05, 4.69) is 80.1 Å². The quantitative estimate of drug-likeness (QED) is 0.602. The first-order valence-corrected chi connectivity index (χ1v) is 15.1. The van der Waals surface area contributed by atoms with Crippen molar-refractivity contribution >= 4 is 17.7 Å². The number of benzene rings is 1. The van der Waals surface area contributed by atoms with Gasteiger partial charge in [0.25, 0.3) is 0 Å². The van der Waals surface area contributed by atoms with Crippen molar-refractivity contribution in [3.8, 4) is 0 Å². The van der Waals surface area contributed by atoms with Gasteiger partial charge in [-0.3, -0.25) is 23.8 Å². The number of anilines is 1. The second kappa shape index (κ2) is 11.2. The molecular weight excluding hydrogens is 500 g/mol. The largest absolute Gasteiger partial charge is 0.369 e. The number of rotatable bonds is 6. The van der Waals surface area contributed by atoms with Crippen molar-refractivity contribution in [1.29, 1.82) is 0 Å². The van der Waals surface area contributed by atoms with Crippen LogP contribution in [0.1, 0.15) is 60.3 Å². The Bertz CT molecular complexity index is 1380. The standard InChI is InChI=1S/C32H48N6O2/c1-31(2,3)22-38-26-13-12-25(33-29(26)35(6)30(38)40)23-14-15-32(4,5)27(20-23)34-28(39)21-36-16-18-37(19-17-36)24-10-8-7-9-11-24/h7-11,13,23,25,27H,12,14-22H2,1-6H3,(H,34,39). The Balaban J connectivity index is 1.21. The molecule has 2 aliphatic heterocycles. The smallest absolute Gasteiger partial charge is 0.330 e. The number of nitrogens with zero attached hydrogens (tertiary/aromatic N) is 5. The Morgan fingerprint density at radius 1 is 1.10 bits per heavy atom. The van der Waals surface area contributed by atoms with Gasteiger partial charge in [-0.2, -0.15) is 0 Å². The average Bonchev–Trinajstić information content (AvgIpc) is 3.14. The van der Waals surface area contributed by atoms with Crippen LogP contribution in [0.5, 0.6) is 0 Å². The van der Waals surface area contributed by atoms with Crippen LogP contribution in [-0.4, -0.2) is 64.7 Å². The Morgan fingerprint density at radius 2 is 1.80 bits per heavy atom. The van der Waals surface area contributed by atoms with Crippen LogP contribution in [0, 0.1) is 16.7 Å². The van der Waals surface area contributed by atoms with Crippen LogP contribution in [0.4, 0.5) is 5.69 Å². The van der Waals surface area contributed by atoms with Crippen molar-refractivity contribution in [2.75, 3.05) is 37.6 Å². The van der Waals surface area contributed by atoms with Gasteiger partial charge in [0.15, 0.2) is 5.49 Å². The van der Waals surface area contributed by atoms with E-state index in [9.17, 15) is 9.59 Å². The third-order valence-electron chi connectivity index (χ3n) is 9.21. The third-order valence-corrected chi connectivity index (χ3v) is 9.21. The number of nitrogens with one attached hydrogen (secondary N) is 1. The van der Waals surface area contributed by atoms with Crippen molar-refractivity contribution in [1.82, 2.24) is 19.4 Å². The lowest BCUT2D eigenvalue weighted by atomic mass is 9.67. The lowest BCUT2D eigenvalue weighted by molar-refractivity contribution is -0.124. The number of para-hydroxylation sites is 1. The van der Waals surface area contributed by atoms with E-state index in [1.54, 1.807) is 4.57 Å². The zero-order valence-corrected chi connectivity index (χ0v) is 25.3. The molecule has 5 rings (SSSR count). The molecule has 3 aliphatic rings. The summed E-state index contributed by atoms with van der Waals surface area (Å²) in [5.41, 5.74) is 2.14. The summed E-state index contributed by atoms with van der Waals surface area (Å²) in [6.07, 6.45) is 6.14. The maximum Gasteiger partial charge on any atom is 0.330 e. The molecule has 0 spiro atoms. The van der Waals surface area contributed by atoms with Crippen molar-refractivity contribution < 1.29 is 4.79 Å². The van der Waals surface area contributed by atoms with Crippen LogP contribution in [0.15, 0.2) is 40.1 Å². The number of aromatic nitrogens is 2. The summed E-state index contributed by atoms with van der Waals surface area (Å²) in [4.78, 5) is 36.1. The summed E-state index contributed by atoms with van der Waals surface area (Å²) in [5, 5.41) is 4.40. The van der Waals surface area contributed by atoms with Gasteiger partial charge in [-0.15, -0.1) is 0 Å². The monoisotopic (exact) mass is 548 g/mol. The van der Waals surface area contributed by atoms with E-state index in [1.165, 1.54) is 5.69 Å². The van der Waals surface area contributed by atoms with Gasteiger partial charge in [-0.1, -0.05) is 58.9 Å². The maximum absolute atomic E-state index is 13.2. The zero-order valence-electron chi connectivity index (χ0n) is 25.3. The highest BCUT2D eigenvalue weighted by atomic mass is 16.2. The van der Waals surface area contributed by atoms with Gasteiger partial charge < -0.3 is 10.2 Å². The summed E-state index contributed by atoms with van der Waals surface area (Å²) >= 11 is 0. The van der Waals surface area contributed by atoms with Gasteiger partial charge >= 0.3 is 5.69 Å². The van der Waals surface area contributed by atoms with Gasteiger partial charge in [0.2, 0.25) is 5.91 Å². The minimum absolute atomic E-state index is 0.0134. The van der Waals surface area contributed by atoms with E-state index in [-0.39, 0.29) is 34.5 Å². The maximum atomic E-state index is 13.2. The Morgan fingerprint density at radius 3 is 2.48 bits per heavy atom. The predicted octanol–water partition coefficient (Wildman–Crippen LogP) is 2.54. The van der Waals surface area contributed by atoms with Crippen LogP contribution in [0.25, 0.3) is 6.08 Å². The fraction of sp³-hybridized carbons (Fsp3) is 0.656. The van der Waals surface area contributed by atoms with E-state index in [0.29, 0.717) is 19.0 Å². The van der Waals surface area contributed by atoms with Crippen molar-refractivity contribution in [3.05, 3.63) is 51.7 Å². The second-order valence-electron chi connectivity index (χ2n) is 14.1. The highest BCUT2D eigenvalue weighted by molar-refractivity contribution is 5.78. The number of hydrogen-bond acceptors (Lipinski definition) is 5. The van der Waals surface area contributed by atoms with Crippen LogP contribution < -0.4 is 26.7 Å². The topological polar surface area (TPSA) is 74.9 Å². The van der Waals surface area contributed by atoms with Crippen LogP contribution >= 0.6 is 0 Å². The van der Waals surface area contributed by atoms with E-state index in [1.807, 2.05) is 17.7 Å². The summed E-state index contributed by atoms with van der Waals surface area (Å²) in [6.45, 7) is 15.8. The third kappa shape index (κ3) is 6.22. The van der Waals surface area contributed by atoms with Gasteiger partial charge in [0.1, 0.15) is 0 Å². The molecule has 8 heteroatoms. The Labute approximate surface area is 238 Å². The molecule has 1 saturated heterocycles. The molecule has 1 saturated carbocycles. The minimum Gasteiger partial charge on any atom is -0.369 e. The number of piperazine rings is 1. The number of hydrogen-bond donors (Lipinski definition) is 1. The first kappa shape index (κ1) is 28.7. The van der Waals surface area contributed by atoms with Crippen LogP contribution in [-0.2, 0) is 18.4 Å². The highest BCUT2D eigenvalue weighted by Gasteiger charge is 2.40. The van der Waals surface area contributed by atoms with E-state index >= 15 is 0 Å². The average molecular weight is 549 g/mol. The molecule has 2 fully saturated rings. The van der Waals surface area contributed by atoms with Crippen LogP contribution in [0.3, 0.4) is 0 Å². The van der Waals surface area contributed by atoms with Gasteiger partial charge in [0.05, 0.1) is 17.9 Å². The normalized spacial score (nSPS) is 25.1. The molecule has 0 bridgehead atoms. The predicted molar refractivity (Wildman–Crippen MR) is 161 cm³/mol. The molecule has 8 nitrogen and oxygen atoms in total. The van der Waals surface area contributed by atoms with Crippen LogP contribution in [0.2, 0.25) is 0 Å². The number of carbonyl (C=O) groups is 1. The molecule has 3 heterocycles. The summed E-state index contributed by atoms with van der Waals surface area (Å²) in [5.74, 6) is 0.515. The molecule has 1 aromatic carbocycles. The first-order chi connectivity index (χ1) is 18.9. The molecular formula is C32H48N6O2. The van der Waals surface area contributed by atoms with Gasteiger partial charge in [-0.25, -0.2) is 4.79 Å². The number of imidazole rings is 1. The van der Waals surface area contributed by atoms with E-state index < -0.39 is 0 Å². The molecule has 40 heavy (non-hydrogen) atoms. The van der Waals surface area contributed by atoms with E-state index in [0.717, 1.165) is 62.7 Å². The Kier molecular flexibility index (Phi) is 8.01. The number of amides is 1. The molecule has 3 unspecified atom stereocenters. The molecule has 2 aromatic rings. The first-order valence-electron chi connectivity index (χ1n) is 15.1. The molecule has 0 radical (unpaired) electrons. The Hall–Kier alpha value is -2.87. The molecule has 1 aliphatic carbocycles. The molecule has 3 atom stereocenters. The summed E-state index contributed by atoms with van der Waals surface area (Å²) in [6, 6.07) is 10.8. The second-order valence-corrected chi connectivity index (χ2v) is 14.1. The van der Waals surface area contributed by atoms with Crippen molar-refractivity contribution in [3.63, 3.8) is 0 Å². The van der Waals surface area contributed by atoms with E-state index in [4.69, 9.17) is 4.99 Å².